The molecule has 1 heterocycles. The van der Waals surface area contributed by atoms with Crippen LogP contribution >= 0.6 is 0 Å². The zero-order chi connectivity index (χ0) is 23.7. The summed E-state index contributed by atoms with van der Waals surface area (Å²) in [4.78, 5) is 0. The SMILES string of the molecule is NC[C@@H]1C[C@H](O[C@H]2[C@H](O)[C@H](O[C@H]3O[C@@H](CO)[C@@H](O)[C@@H](O)[C@@H]3O)[C@H](N)C[C@H]2N)[C@@H](N)C[C@@H]1O. The minimum atomic E-state index is -1.64. The van der Waals surface area contributed by atoms with Crippen molar-refractivity contribution in [3.63, 3.8) is 0 Å². The normalized spacial score (nSPS) is 52.7. The van der Waals surface area contributed by atoms with Crippen LogP contribution in [0.2, 0.25) is 0 Å². The molecule has 188 valence electrons. The summed E-state index contributed by atoms with van der Waals surface area (Å²) in [6.45, 7) is -0.352. The van der Waals surface area contributed by atoms with Crippen LogP contribution in [0, 0.1) is 5.92 Å². The lowest BCUT2D eigenvalue weighted by atomic mass is 9.80. The third kappa shape index (κ3) is 5.25. The van der Waals surface area contributed by atoms with E-state index in [2.05, 4.69) is 0 Å². The Morgan fingerprint density at radius 1 is 0.750 bits per heavy atom. The van der Waals surface area contributed by atoms with Crippen LogP contribution in [0.25, 0.3) is 0 Å². The van der Waals surface area contributed by atoms with Crippen molar-refractivity contribution >= 4 is 0 Å². The van der Waals surface area contributed by atoms with Gasteiger partial charge in [0, 0.05) is 18.1 Å². The van der Waals surface area contributed by atoms with E-state index in [-0.39, 0.29) is 18.9 Å². The molecule has 13 heteroatoms. The fourth-order valence-electron chi connectivity index (χ4n) is 4.84. The van der Waals surface area contributed by atoms with Crippen LogP contribution in [0.4, 0.5) is 0 Å². The van der Waals surface area contributed by atoms with Gasteiger partial charge in [-0.15, -0.1) is 0 Å². The Morgan fingerprint density at radius 2 is 1.38 bits per heavy atom. The van der Waals surface area contributed by atoms with Crippen molar-refractivity contribution < 1.29 is 44.8 Å². The van der Waals surface area contributed by atoms with E-state index in [0.717, 1.165) is 0 Å². The first-order chi connectivity index (χ1) is 15.1. The maximum atomic E-state index is 11.0. The molecule has 3 aliphatic rings. The molecule has 2 aliphatic carbocycles. The van der Waals surface area contributed by atoms with E-state index in [1.165, 1.54) is 0 Å². The molecule has 0 aromatic heterocycles. The van der Waals surface area contributed by atoms with E-state index >= 15 is 0 Å². The van der Waals surface area contributed by atoms with Crippen molar-refractivity contribution in [1.29, 1.82) is 0 Å². The summed E-state index contributed by atoms with van der Waals surface area (Å²) in [5.41, 5.74) is 24.2. The van der Waals surface area contributed by atoms with Crippen LogP contribution in [0.3, 0.4) is 0 Å². The molecule has 1 saturated heterocycles. The van der Waals surface area contributed by atoms with E-state index in [1.807, 2.05) is 0 Å². The molecule has 0 radical (unpaired) electrons. The first-order valence-electron chi connectivity index (χ1n) is 11.0. The third-order valence-electron chi connectivity index (χ3n) is 6.91. The number of nitrogens with two attached hydrogens (primary N) is 4. The molecule has 0 bridgehead atoms. The largest absolute Gasteiger partial charge is 0.394 e. The van der Waals surface area contributed by atoms with Crippen molar-refractivity contribution in [2.24, 2.45) is 28.9 Å². The van der Waals surface area contributed by atoms with Gasteiger partial charge in [-0.1, -0.05) is 0 Å². The molecule has 14 atom stereocenters. The van der Waals surface area contributed by atoms with E-state index in [4.69, 9.17) is 37.1 Å². The summed E-state index contributed by atoms with van der Waals surface area (Å²) in [7, 11) is 0. The Labute approximate surface area is 186 Å². The smallest absolute Gasteiger partial charge is 0.187 e. The highest BCUT2D eigenvalue weighted by Crippen LogP contribution is 2.32. The fourth-order valence-corrected chi connectivity index (χ4v) is 4.84. The van der Waals surface area contributed by atoms with Crippen molar-refractivity contribution in [3.05, 3.63) is 0 Å². The van der Waals surface area contributed by atoms with Gasteiger partial charge in [0.1, 0.15) is 42.7 Å². The highest BCUT2D eigenvalue weighted by Gasteiger charge is 2.50. The molecule has 0 aromatic rings. The summed E-state index contributed by atoms with van der Waals surface area (Å²) in [6.07, 6.45) is -11.0. The van der Waals surface area contributed by atoms with Crippen LogP contribution in [-0.2, 0) is 14.2 Å². The van der Waals surface area contributed by atoms with Crippen molar-refractivity contribution in [3.8, 4) is 0 Å². The molecular weight excluding hydrogens is 428 g/mol. The van der Waals surface area contributed by atoms with E-state index in [1.54, 1.807) is 0 Å². The predicted molar refractivity (Wildman–Crippen MR) is 110 cm³/mol. The van der Waals surface area contributed by atoms with Gasteiger partial charge >= 0.3 is 0 Å². The van der Waals surface area contributed by atoms with Crippen LogP contribution < -0.4 is 22.9 Å². The van der Waals surface area contributed by atoms with E-state index in [9.17, 15) is 30.6 Å². The Kier molecular flexibility index (Phi) is 8.82. The Balaban J connectivity index is 1.70. The standard InChI is InChI=1S/C19H38N4O9/c20-4-6-1-11(7(21)3-10(6)25)30-17-8(22)2-9(23)18(16(17)29)32-19-15(28)14(27)13(26)12(5-24)31-19/h6-19,24-29H,1-5,20-23H2/t6-,7-,8+,9+,10-,11-,12-,13+,14+,15-,16-,17+,18+,19+/m0/s1. The second-order valence-electron chi connectivity index (χ2n) is 9.19. The lowest BCUT2D eigenvalue weighted by Gasteiger charge is -2.47. The summed E-state index contributed by atoms with van der Waals surface area (Å²) in [6, 6.07) is -1.86. The third-order valence-corrected chi connectivity index (χ3v) is 6.91. The molecule has 0 aromatic carbocycles. The highest BCUT2D eigenvalue weighted by molar-refractivity contribution is 5.01. The molecule has 3 rings (SSSR count). The fraction of sp³-hybridized carbons (Fsp3) is 1.00. The number of aliphatic hydroxyl groups is 6. The van der Waals surface area contributed by atoms with Crippen LogP contribution in [-0.4, -0.2) is 123 Å². The van der Waals surface area contributed by atoms with Crippen LogP contribution in [0.1, 0.15) is 19.3 Å². The number of hydrogen-bond donors (Lipinski definition) is 10. The molecule has 2 saturated carbocycles. The summed E-state index contributed by atoms with van der Waals surface area (Å²) >= 11 is 0. The summed E-state index contributed by atoms with van der Waals surface area (Å²) in [5.74, 6) is -0.194. The van der Waals surface area contributed by atoms with Gasteiger partial charge < -0.3 is 67.8 Å². The maximum Gasteiger partial charge on any atom is 0.187 e. The molecule has 0 unspecified atom stereocenters. The van der Waals surface area contributed by atoms with Gasteiger partial charge in [-0.05, 0) is 31.7 Å². The van der Waals surface area contributed by atoms with Gasteiger partial charge in [0.25, 0.3) is 0 Å². The minimum Gasteiger partial charge on any atom is -0.394 e. The zero-order valence-electron chi connectivity index (χ0n) is 17.8. The van der Waals surface area contributed by atoms with Crippen molar-refractivity contribution in [1.82, 2.24) is 0 Å². The second kappa shape index (κ2) is 10.8. The number of ether oxygens (including phenoxy) is 3. The molecule has 13 nitrogen and oxygen atoms in total. The molecule has 3 fully saturated rings. The van der Waals surface area contributed by atoms with Crippen molar-refractivity contribution in [2.45, 2.75) is 98.6 Å². The maximum absolute atomic E-state index is 11.0. The number of aliphatic hydroxyl groups excluding tert-OH is 6. The first-order valence-corrected chi connectivity index (χ1v) is 11.0. The number of rotatable bonds is 6. The number of hydrogen-bond acceptors (Lipinski definition) is 13. The second-order valence-corrected chi connectivity index (χ2v) is 9.19. The van der Waals surface area contributed by atoms with Crippen LogP contribution in [0.15, 0.2) is 0 Å². The average molecular weight is 467 g/mol. The quantitative estimate of drug-likeness (QED) is 0.175. The minimum absolute atomic E-state index is 0.194. The topological polar surface area (TPSA) is 253 Å². The van der Waals surface area contributed by atoms with E-state index < -0.39 is 86.0 Å². The van der Waals surface area contributed by atoms with Gasteiger partial charge in [-0.2, -0.15) is 0 Å². The highest BCUT2D eigenvalue weighted by atomic mass is 16.7. The molecule has 14 N–H and O–H groups in total. The molecule has 32 heavy (non-hydrogen) atoms. The molecule has 1 aliphatic heterocycles. The summed E-state index contributed by atoms with van der Waals surface area (Å²) in [5, 5.41) is 60.6. The Morgan fingerprint density at radius 3 is 1.97 bits per heavy atom. The van der Waals surface area contributed by atoms with Gasteiger partial charge in [0.05, 0.1) is 18.8 Å². The molecule has 0 spiro atoms. The lowest BCUT2D eigenvalue weighted by molar-refractivity contribution is -0.325. The van der Waals surface area contributed by atoms with Crippen LogP contribution in [0.5, 0.6) is 0 Å². The predicted octanol–water partition coefficient (Wildman–Crippen LogP) is -5.60. The average Bonchev–Trinajstić information content (AvgIpc) is 2.75. The zero-order valence-corrected chi connectivity index (χ0v) is 17.8. The summed E-state index contributed by atoms with van der Waals surface area (Å²) < 4.78 is 17.2. The van der Waals surface area contributed by atoms with Gasteiger partial charge in [0.15, 0.2) is 6.29 Å². The molecule has 0 amide bonds. The van der Waals surface area contributed by atoms with Gasteiger partial charge in [-0.25, -0.2) is 0 Å². The van der Waals surface area contributed by atoms with Gasteiger partial charge in [0.2, 0.25) is 0 Å². The van der Waals surface area contributed by atoms with Crippen molar-refractivity contribution in [2.75, 3.05) is 13.2 Å². The monoisotopic (exact) mass is 466 g/mol. The molecular formula is C19H38N4O9. The Hall–Kier alpha value is -0.520. The Bertz CT molecular complexity index is 605. The van der Waals surface area contributed by atoms with Gasteiger partial charge in [-0.3, -0.25) is 0 Å². The lowest BCUT2D eigenvalue weighted by Crippen LogP contribution is -2.67. The first kappa shape index (κ1) is 26.1. The van der Waals surface area contributed by atoms with E-state index in [0.29, 0.717) is 12.8 Å².